The second-order valence-corrected chi connectivity index (χ2v) is 4.62. The third-order valence-electron chi connectivity index (χ3n) is 2.16. The first-order chi connectivity index (χ1) is 5.61. The van der Waals surface area contributed by atoms with Crippen LogP contribution in [0.5, 0.6) is 0 Å². The first-order valence-corrected chi connectivity index (χ1v) is 5.14. The summed E-state index contributed by atoms with van der Waals surface area (Å²) in [4.78, 5) is 15.6. The van der Waals surface area contributed by atoms with Gasteiger partial charge in [-0.25, -0.2) is 0 Å². The zero-order valence-corrected chi connectivity index (χ0v) is 9.17. The van der Waals surface area contributed by atoms with Crippen LogP contribution in [0.4, 0.5) is 0 Å². The van der Waals surface area contributed by atoms with E-state index in [0.29, 0.717) is 0 Å². The molecule has 1 saturated heterocycles. The van der Waals surface area contributed by atoms with Gasteiger partial charge in [0.1, 0.15) is 0 Å². The summed E-state index contributed by atoms with van der Waals surface area (Å²) in [7, 11) is 2.08. The van der Waals surface area contributed by atoms with Crippen LogP contribution in [0.3, 0.4) is 0 Å². The molecule has 1 aliphatic heterocycles. The first-order valence-electron chi connectivity index (χ1n) is 4.22. The Hall–Kier alpha value is -0.0900. The average molecular weight is 235 g/mol. The van der Waals surface area contributed by atoms with Gasteiger partial charge in [0.15, 0.2) is 0 Å². The molecule has 4 heteroatoms. The summed E-state index contributed by atoms with van der Waals surface area (Å²) in [5.41, 5.74) is 0. The molecule has 1 heterocycles. The summed E-state index contributed by atoms with van der Waals surface area (Å²) in [6.07, 6.45) is 0. The summed E-state index contributed by atoms with van der Waals surface area (Å²) in [6.45, 7) is 5.59. The molecule has 1 fully saturated rings. The minimum atomic E-state index is -0.0408. The highest BCUT2D eigenvalue weighted by atomic mass is 79.9. The lowest BCUT2D eigenvalue weighted by atomic mass is 10.3. The van der Waals surface area contributed by atoms with Gasteiger partial charge in [0, 0.05) is 26.2 Å². The quantitative estimate of drug-likeness (QED) is 0.619. The molecule has 0 aromatic rings. The summed E-state index contributed by atoms with van der Waals surface area (Å²) < 4.78 is 0. The Bertz CT molecular complexity index is 164. The highest BCUT2D eigenvalue weighted by Crippen LogP contribution is 2.06. The van der Waals surface area contributed by atoms with Crippen molar-refractivity contribution in [3.63, 3.8) is 0 Å². The van der Waals surface area contributed by atoms with Crippen molar-refractivity contribution in [2.24, 2.45) is 0 Å². The molecule has 12 heavy (non-hydrogen) atoms. The standard InChI is InChI=1S/C8H15BrN2O/c1-7(9)8(12)11-5-3-10(2)4-6-11/h7H,3-6H2,1-2H3. The Kier molecular flexibility index (Phi) is 3.53. The van der Waals surface area contributed by atoms with E-state index in [-0.39, 0.29) is 10.7 Å². The van der Waals surface area contributed by atoms with Crippen molar-refractivity contribution in [1.29, 1.82) is 0 Å². The number of alkyl halides is 1. The first kappa shape index (κ1) is 9.99. The van der Waals surface area contributed by atoms with Crippen LogP contribution in [0.25, 0.3) is 0 Å². The van der Waals surface area contributed by atoms with Crippen LogP contribution in [0.15, 0.2) is 0 Å². The summed E-state index contributed by atoms with van der Waals surface area (Å²) in [5.74, 6) is 0.211. The number of rotatable bonds is 1. The predicted molar refractivity (Wildman–Crippen MR) is 52.5 cm³/mol. The minimum Gasteiger partial charge on any atom is -0.339 e. The van der Waals surface area contributed by atoms with Gasteiger partial charge in [-0.3, -0.25) is 4.79 Å². The number of hydrogen-bond donors (Lipinski definition) is 0. The number of likely N-dealkylation sites (N-methyl/N-ethyl adjacent to an activating group) is 1. The molecule has 1 atom stereocenters. The molecule has 0 aromatic heterocycles. The van der Waals surface area contributed by atoms with E-state index in [1.54, 1.807) is 0 Å². The maximum atomic E-state index is 11.5. The lowest BCUT2D eigenvalue weighted by Gasteiger charge is -2.33. The van der Waals surface area contributed by atoms with Crippen molar-refractivity contribution in [2.45, 2.75) is 11.8 Å². The lowest BCUT2D eigenvalue weighted by Crippen LogP contribution is -2.48. The van der Waals surface area contributed by atoms with Gasteiger partial charge >= 0.3 is 0 Å². The fourth-order valence-corrected chi connectivity index (χ4v) is 1.57. The van der Waals surface area contributed by atoms with E-state index < -0.39 is 0 Å². The molecule has 0 radical (unpaired) electrons. The van der Waals surface area contributed by atoms with Crippen LogP contribution in [-0.4, -0.2) is 53.8 Å². The van der Waals surface area contributed by atoms with E-state index in [4.69, 9.17) is 0 Å². The van der Waals surface area contributed by atoms with Gasteiger partial charge in [-0.1, -0.05) is 15.9 Å². The van der Waals surface area contributed by atoms with Gasteiger partial charge < -0.3 is 9.80 Å². The van der Waals surface area contributed by atoms with Crippen LogP contribution in [0.1, 0.15) is 6.92 Å². The number of hydrogen-bond acceptors (Lipinski definition) is 2. The number of carbonyl (C=O) groups excluding carboxylic acids is 1. The van der Waals surface area contributed by atoms with Crippen LogP contribution < -0.4 is 0 Å². The smallest absolute Gasteiger partial charge is 0.236 e. The largest absolute Gasteiger partial charge is 0.339 e. The van der Waals surface area contributed by atoms with E-state index >= 15 is 0 Å². The molecule has 1 unspecified atom stereocenters. The van der Waals surface area contributed by atoms with Crippen molar-refractivity contribution in [1.82, 2.24) is 9.80 Å². The molecule has 3 nitrogen and oxygen atoms in total. The highest BCUT2D eigenvalue weighted by Gasteiger charge is 2.21. The Labute approximate surface area is 81.8 Å². The molecular weight excluding hydrogens is 220 g/mol. The Morgan fingerprint density at radius 1 is 1.33 bits per heavy atom. The highest BCUT2D eigenvalue weighted by molar-refractivity contribution is 9.10. The predicted octanol–water partition coefficient (Wildman–Crippen LogP) is 0.544. The Balaban J connectivity index is 2.39. The van der Waals surface area contributed by atoms with E-state index in [0.717, 1.165) is 26.2 Å². The fraction of sp³-hybridized carbons (Fsp3) is 0.875. The molecule has 0 aliphatic carbocycles. The Morgan fingerprint density at radius 2 is 1.83 bits per heavy atom. The summed E-state index contributed by atoms with van der Waals surface area (Å²) >= 11 is 3.29. The lowest BCUT2D eigenvalue weighted by molar-refractivity contribution is -0.131. The van der Waals surface area contributed by atoms with Crippen molar-refractivity contribution in [2.75, 3.05) is 33.2 Å². The summed E-state index contributed by atoms with van der Waals surface area (Å²) in [6, 6.07) is 0. The molecule has 1 amide bonds. The van der Waals surface area contributed by atoms with Crippen molar-refractivity contribution in [3.05, 3.63) is 0 Å². The summed E-state index contributed by atoms with van der Waals surface area (Å²) in [5, 5.41) is 0. The normalized spacial score (nSPS) is 22.4. The van der Waals surface area contributed by atoms with Gasteiger partial charge in [-0.15, -0.1) is 0 Å². The molecule has 1 aliphatic rings. The number of nitrogens with zero attached hydrogens (tertiary/aromatic N) is 2. The van der Waals surface area contributed by atoms with E-state index in [1.807, 2.05) is 11.8 Å². The van der Waals surface area contributed by atoms with E-state index in [2.05, 4.69) is 27.9 Å². The van der Waals surface area contributed by atoms with Gasteiger partial charge in [-0.05, 0) is 14.0 Å². The molecule has 0 aromatic carbocycles. The van der Waals surface area contributed by atoms with Gasteiger partial charge in [0.25, 0.3) is 0 Å². The monoisotopic (exact) mass is 234 g/mol. The third kappa shape index (κ3) is 2.45. The number of halogens is 1. The Morgan fingerprint density at radius 3 is 2.25 bits per heavy atom. The molecule has 0 N–H and O–H groups in total. The average Bonchev–Trinajstić information content (AvgIpc) is 2.04. The number of piperazine rings is 1. The van der Waals surface area contributed by atoms with Crippen LogP contribution in [-0.2, 0) is 4.79 Å². The van der Waals surface area contributed by atoms with Crippen molar-refractivity contribution < 1.29 is 4.79 Å². The van der Waals surface area contributed by atoms with Gasteiger partial charge in [0.05, 0.1) is 4.83 Å². The number of carbonyl (C=O) groups is 1. The van der Waals surface area contributed by atoms with Crippen molar-refractivity contribution >= 4 is 21.8 Å². The number of amides is 1. The molecule has 0 bridgehead atoms. The van der Waals surface area contributed by atoms with Crippen LogP contribution >= 0.6 is 15.9 Å². The van der Waals surface area contributed by atoms with Crippen molar-refractivity contribution in [3.8, 4) is 0 Å². The van der Waals surface area contributed by atoms with Crippen LogP contribution in [0.2, 0.25) is 0 Å². The maximum Gasteiger partial charge on any atom is 0.236 e. The topological polar surface area (TPSA) is 23.6 Å². The minimum absolute atomic E-state index is 0.0408. The van der Waals surface area contributed by atoms with Gasteiger partial charge in [0.2, 0.25) is 5.91 Å². The fourth-order valence-electron chi connectivity index (χ4n) is 1.28. The zero-order valence-electron chi connectivity index (χ0n) is 7.59. The molecule has 0 spiro atoms. The zero-order chi connectivity index (χ0) is 9.14. The molecule has 1 rings (SSSR count). The maximum absolute atomic E-state index is 11.5. The molecule has 0 saturated carbocycles. The van der Waals surface area contributed by atoms with E-state index in [1.165, 1.54) is 0 Å². The SMILES string of the molecule is CC(Br)C(=O)N1CCN(C)CC1. The second-order valence-electron chi connectivity index (χ2n) is 3.24. The van der Waals surface area contributed by atoms with E-state index in [9.17, 15) is 4.79 Å². The van der Waals surface area contributed by atoms with Crippen LogP contribution in [0, 0.1) is 0 Å². The third-order valence-corrected chi connectivity index (χ3v) is 2.55. The van der Waals surface area contributed by atoms with Gasteiger partial charge in [-0.2, -0.15) is 0 Å². The second kappa shape index (κ2) is 4.23. The molecule has 70 valence electrons. The molecular formula is C8H15BrN2O.